The number of carboxylic acids is 1. The van der Waals surface area contributed by atoms with Crippen LogP contribution in [-0.4, -0.2) is 41.8 Å². The lowest BCUT2D eigenvalue weighted by molar-refractivity contribution is -0.143. The van der Waals surface area contributed by atoms with Crippen LogP contribution in [0.25, 0.3) is 0 Å². The third kappa shape index (κ3) is 8.95. The molecule has 0 saturated heterocycles. The standard InChI is InChI=1S/C17H25NO5/c1-17(2,3)23-10-9-14(16(20)21)18-15(19)12-22-11-13-7-5-4-6-8-13/h4-8,14H,9-12H2,1-3H3,(H,18,19)(H,20,21). The zero-order valence-electron chi connectivity index (χ0n) is 13.9. The predicted molar refractivity (Wildman–Crippen MR) is 86.0 cm³/mol. The number of amides is 1. The number of carbonyl (C=O) groups excluding carboxylic acids is 1. The molecule has 6 heteroatoms. The van der Waals surface area contributed by atoms with E-state index in [0.29, 0.717) is 6.61 Å². The zero-order valence-corrected chi connectivity index (χ0v) is 13.9. The maximum Gasteiger partial charge on any atom is 0.326 e. The summed E-state index contributed by atoms with van der Waals surface area (Å²) in [5.41, 5.74) is 0.611. The minimum Gasteiger partial charge on any atom is -0.480 e. The molecule has 23 heavy (non-hydrogen) atoms. The fourth-order valence-electron chi connectivity index (χ4n) is 1.81. The van der Waals surface area contributed by atoms with Crippen molar-refractivity contribution in [3.63, 3.8) is 0 Å². The van der Waals surface area contributed by atoms with Crippen molar-refractivity contribution in [3.8, 4) is 0 Å². The Kier molecular flexibility index (Phi) is 7.71. The van der Waals surface area contributed by atoms with E-state index in [0.717, 1.165) is 5.56 Å². The van der Waals surface area contributed by atoms with E-state index in [1.165, 1.54) is 0 Å². The van der Waals surface area contributed by atoms with Crippen molar-refractivity contribution >= 4 is 11.9 Å². The van der Waals surface area contributed by atoms with Crippen molar-refractivity contribution in [2.75, 3.05) is 13.2 Å². The first-order valence-corrected chi connectivity index (χ1v) is 7.56. The van der Waals surface area contributed by atoms with E-state index >= 15 is 0 Å². The molecule has 1 rings (SSSR count). The van der Waals surface area contributed by atoms with Gasteiger partial charge in [0.05, 0.1) is 12.2 Å². The van der Waals surface area contributed by atoms with E-state index in [1.54, 1.807) is 0 Å². The second kappa shape index (κ2) is 9.27. The Hall–Kier alpha value is -1.92. The van der Waals surface area contributed by atoms with Crippen molar-refractivity contribution in [2.45, 2.75) is 45.4 Å². The van der Waals surface area contributed by atoms with Gasteiger partial charge in [-0.2, -0.15) is 0 Å². The Morgan fingerprint density at radius 3 is 2.43 bits per heavy atom. The van der Waals surface area contributed by atoms with Gasteiger partial charge < -0.3 is 19.9 Å². The third-order valence-corrected chi connectivity index (χ3v) is 2.92. The van der Waals surface area contributed by atoms with Crippen molar-refractivity contribution < 1.29 is 24.2 Å². The van der Waals surface area contributed by atoms with Gasteiger partial charge in [0, 0.05) is 13.0 Å². The summed E-state index contributed by atoms with van der Waals surface area (Å²) in [5.74, 6) is -1.54. The quantitative estimate of drug-likeness (QED) is 0.726. The predicted octanol–water partition coefficient (Wildman–Crippen LogP) is 1.98. The molecule has 1 unspecified atom stereocenters. The average Bonchev–Trinajstić information content (AvgIpc) is 2.46. The maximum atomic E-state index is 11.8. The minimum absolute atomic E-state index is 0.182. The van der Waals surface area contributed by atoms with Gasteiger partial charge in [-0.05, 0) is 26.3 Å². The summed E-state index contributed by atoms with van der Waals surface area (Å²) < 4.78 is 10.8. The van der Waals surface area contributed by atoms with Crippen LogP contribution in [0.4, 0.5) is 0 Å². The largest absolute Gasteiger partial charge is 0.480 e. The molecular formula is C17H25NO5. The van der Waals surface area contributed by atoms with Gasteiger partial charge in [-0.1, -0.05) is 30.3 Å². The molecule has 1 atom stereocenters. The number of hydrogen-bond donors (Lipinski definition) is 2. The van der Waals surface area contributed by atoms with Crippen molar-refractivity contribution in [1.82, 2.24) is 5.32 Å². The Morgan fingerprint density at radius 1 is 1.22 bits per heavy atom. The molecular weight excluding hydrogens is 298 g/mol. The van der Waals surface area contributed by atoms with Crippen LogP contribution < -0.4 is 5.32 Å². The van der Waals surface area contributed by atoms with Crippen molar-refractivity contribution in [2.24, 2.45) is 0 Å². The minimum atomic E-state index is -1.08. The first-order chi connectivity index (χ1) is 10.8. The van der Waals surface area contributed by atoms with Crippen LogP contribution in [0.1, 0.15) is 32.8 Å². The number of aliphatic carboxylic acids is 1. The topological polar surface area (TPSA) is 84.9 Å². The molecule has 0 aliphatic rings. The summed E-state index contributed by atoms with van der Waals surface area (Å²) in [5, 5.41) is 11.6. The fraction of sp³-hybridized carbons (Fsp3) is 0.529. The van der Waals surface area contributed by atoms with Crippen LogP contribution in [0.2, 0.25) is 0 Å². The molecule has 0 aliphatic carbocycles. The molecule has 128 valence electrons. The zero-order chi connectivity index (χ0) is 17.3. The van der Waals surface area contributed by atoms with Gasteiger partial charge in [0.15, 0.2) is 0 Å². The van der Waals surface area contributed by atoms with Gasteiger partial charge in [-0.15, -0.1) is 0 Å². The van der Waals surface area contributed by atoms with Crippen LogP contribution in [0, 0.1) is 0 Å². The van der Waals surface area contributed by atoms with E-state index < -0.39 is 17.9 Å². The molecule has 1 aromatic carbocycles. The Morgan fingerprint density at radius 2 is 1.87 bits per heavy atom. The van der Waals surface area contributed by atoms with Gasteiger partial charge in [0.1, 0.15) is 12.6 Å². The van der Waals surface area contributed by atoms with Crippen LogP contribution >= 0.6 is 0 Å². The fourth-order valence-corrected chi connectivity index (χ4v) is 1.81. The van der Waals surface area contributed by atoms with E-state index in [9.17, 15) is 9.59 Å². The van der Waals surface area contributed by atoms with Gasteiger partial charge in [-0.3, -0.25) is 4.79 Å². The lowest BCUT2D eigenvalue weighted by Crippen LogP contribution is -2.43. The number of ether oxygens (including phenoxy) is 2. The Bertz CT molecular complexity index is 495. The van der Waals surface area contributed by atoms with Crippen molar-refractivity contribution in [3.05, 3.63) is 35.9 Å². The SMILES string of the molecule is CC(C)(C)OCCC(NC(=O)COCc1ccccc1)C(=O)O. The number of nitrogens with one attached hydrogen (secondary N) is 1. The van der Waals surface area contributed by atoms with Crippen LogP contribution in [0.3, 0.4) is 0 Å². The molecule has 0 heterocycles. The lowest BCUT2D eigenvalue weighted by Gasteiger charge is -2.21. The highest BCUT2D eigenvalue weighted by Gasteiger charge is 2.21. The summed E-state index contributed by atoms with van der Waals surface area (Å²) in [4.78, 5) is 22.9. The molecule has 0 spiro atoms. The molecule has 0 radical (unpaired) electrons. The first-order valence-electron chi connectivity index (χ1n) is 7.56. The molecule has 1 amide bonds. The maximum absolute atomic E-state index is 11.8. The highest BCUT2D eigenvalue weighted by atomic mass is 16.5. The highest BCUT2D eigenvalue weighted by Crippen LogP contribution is 2.08. The lowest BCUT2D eigenvalue weighted by atomic mass is 10.2. The van der Waals surface area contributed by atoms with Crippen LogP contribution in [0.15, 0.2) is 30.3 Å². The Balaban J connectivity index is 2.32. The summed E-state index contributed by atoms with van der Waals surface area (Å²) in [6.45, 7) is 6.04. The first kappa shape index (κ1) is 19.1. The highest BCUT2D eigenvalue weighted by molar-refractivity contribution is 5.84. The molecule has 0 fully saturated rings. The summed E-state index contributed by atoms with van der Waals surface area (Å²) in [6.07, 6.45) is 0.205. The van der Waals surface area contributed by atoms with Gasteiger partial charge >= 0.3 is 5.97 Å². The third-order valence-electron chi connectivity index (χ3n) is 2.92. The van der Waals surface area contributed by atoms with E-state index in [-0.39, 0.29) is 25.2 Å². The van der Waals surface area contributed by atoms with Gasteiger partial charge in [0.25, 0.3) is 0 Å². The average molecular weight is 323 g/mol. The second-order valence-corrected chi connectivity index (χ2v) is 6.19. The van der Waals surface area contributed by atoms with E-state index in [2.05, 4.69) is 5.32 Å². The van der Waals surface area contributed by atoms with Gasteiger partial charge in [-0.25, -0.2) is 4.79 Å². The molecule has 6 nitrogen and oxygen atoms in total. The van der Waals surface area contributed by atoms with Crippen LogP contribution in [0.5, 0.6) is 0 Å². The summed E-state index contributed by atoms with van der Waals surface area (Å²) in [6, 6.07) is 8.46. The normalized spacial score (nSPS) is 12.7. The molecule has 0 saturated carbocycles. The molecule has 0 bridgehead atoms. The summed E-state index contributed by atoms with van der Waals surface area (Å²) in [7, 11) is 0. The molecule has 0 aliphatic heterocycles. The van der Waals surface area contributed by atoms with Gasteiger partial charge in [0.2, 0.25) is 5.91 Å². The number of rotatable bonds is 9. The number of carboxylic acid groups (broad SMARTS) is 1. The monoisotopic (exact) mass is 323 g/mol. The molecule has 0 aromatic heterocycles. The van der Waals surface area contributed by atoms with E-state index in [4.69, 9.17) is 14.6 Å². The van der Waals surface area contributed by atoms with Crippen molar-refractivity contribution in [1.29, 1.82) is 0 Å². The smallest absolute Gasteiger partial charge is 0.326 e. The number of benzene rings is 1. The summed E-state index contributed by atoms with van der Waals surface area (Å²) >= 11 is 0. The number of carbonyl (C=O) groups is 2. The van der Waals surface area contributed by atoms with Crippen LogP contribution in [-0.2, 0) is 25.7 Å². The second-order valence-electron chi connectivity index (χ2n) is 6.19. The molecule has 2 N–H and O–H groups in total. The van der Waals surface area contributed by atoms with E-state index in [1.807, 2.05) is 51.1 Å². The Labute approximate surface area is 136 Å². The molecule has 1 aromatic rings. The number of hydrogen-bond acceptors (Lipinski definition) is 4.